The smallest absolute Gasteiger partial charge is 0.350 e. The molecule has 7 nitrogen and oxygen atoms in total. The summed E-state index contributed by atoms with van der Waals surface area (Å²) in [5, 5.41) is 0. The predicted octanol–water partition coefficient (Wildman–Crippen LogP) is 9.73. The molecule has 1 fully saturated rings. The van der Waals surface area contributed by atoms with E-state index in [1.165, 1.54) is 11.1 Å². The van der Waals surface area contributed by atoms with Gasteiger partial charge in [-0.2, -0.15) is 0 Å². The van der Waals surface area contributed by atoms with Crippen molar-refractivity contribution in [3.8, 4) is 5.75 Å². The van der Waals surface area contributed by atoms with E-state index in [1.54, 1.807) is 13.8 Å². The quantitative estimate of drug-likeness (QED) is 0.164. The number of fused-ring (bicyclic) bond motifs is 1. The third-order valence-electron chi connectivity index (χ3n) is 11.7. The Hall–Kier alpha value is -2.21. The standard InChI is InChI=1S/C44H72O7Si2/c1-28-17-18-29-25-31(41(5,6)7)26-35(48-39(46)43(11,12)49-32-21-19-30(20-22-32)40(2,3)4)36(29)44(28,51-53(15)16)24-23-33-27-34(42(8,9)10)37(38(45)47-33)50-52(13)14/h17-22,25,28,31,33-37,52-53H,23-24,26-27H2,1-16H3/t28-,31+,33+,34-,35-,36+,37?,44-/m0/s1. The summed E-state index contributed by atoms with van der Waals surface area (Å²) >= 11 is 0. The Morgan fingerprint density at radius 2 is 1.51 bits per heavy atom. The first-order valence-electron chi connectivity index (χ1n) is 20.2. The summed E-state index contributed by atoms with van der Waals surface area (Å²) in [5.74, 6) is 0.140. The highest BCUT2D eigenvalue weighted by molar-refractivity contribution is 6.49. The minimum absolute atomic E-state index is 0.0146. The first-order chi connectivity index (χ1) is 24.2. The van der Waals surface area contributed by atoms with Crippen LogP contribution in [0.25, 0.3) is 0 Å². The lowest BCUT2D eigenvalue weighted by molar-refractivity contribution is -0.181. The first-order valence-corrected chi connectivity index (χ1v) is 25.7. The van der Waals surface area contributed by atoms with Gasteiger partial charge in [-0.25, -0.2) is 9.59 Å². The number of hydrogen-bond donors (Lipinski definition) is 0. The fourth-order valence-electron chi connectivity index (χ4n) is 8.55. The minimum Gasteiger partial charge on any atom is -0.476 e. The molecule has 1 unspecified atom stereocenters. The van der Waals surface area contributed by atoms with Gasteiger partial charge in [-0.1, -0.05) is 99.6 Å². The van der Waals surface area contributed by atoms with Gasteiger partial charge >= 0.3 is 11.9 Å². The van der Waals surface area contributed by atoms with Crippen LogP contribution in [-0.2, 0) is 33.3 Å². The van der Waals surface area contributed by atoms with Gasteiger partial charge in [0.1, 0.15) is 24.1 Å². The second kappa shape index (κ2) is 16.1. The highest BCUT2D eigenvalue weighted by atomic mass is 28.3. The molecule has 0 aromatic heterocycles. The normalized spacial score (nSPS) is 29.8. The summed E-state index contributed by atoms with van der Waals surface area (Å²) in [7, 11) is -3.09. The highest BCUT2D eigenvalue weighted by Gasteiger charge is 2.55. The maximum absolute atomic E-state index is 14.3. The number of esters is 2. The molecule has 9 heteroatoms. The minimum atomic E-state index is -1.63. The summed E-state index contributed by atoms with van der Waals surface area (Å²) in [4.78, 5) is 27.9. The van der Waals surface area contributed by atoms with Gasteiger partial charge in [0.25, 0.3) is 0 Å². The Morgan fingerprint density at radius 1 is 0.887 bits per heavy atom. The molecule has 53 heavy (non-hydrogen) atoms. The number of carbonyl (C=O) groups excluding carboxylic acids is 2. The van der Waals surface area contributed by atoms with Crippen molar-refractivity contribution < 1.29 is 32.7 Å². The molecule has 1 saturated heterocycles. The lowest BCUT2D eigenvalue weighted by atomic mass is 9.59. The Bertz CT molecular complexity index is 1490. The summed E-state index contributed by atoms with van der Waals surface area (Å²) in [5.41, 5.74) is 0.380. The van der Waals surface area contributed by atoms with Crippen molar-refractivity contribution in [2.45, 2.75) is 170 Å². The van der Waals surface area contributed by atoms with E-state index in [4.69, 9.17) is 23.1 Å². The van der Waals surface area contributed by atoms with Gasteiger partial charge in [0, 0.05) is 17.8 Å². The Kier molecular flexibility index (Phi) is 13.2. The summed E-state index contributed by atoms with van der Waals surface area (Å²) in [6, 6.07) is 8.00. The number of hydrogen-bond acceptors (Lipinski definition) is 7. The molecule has 0 radical (unpaired) electrons. The van der Waals surface area contributed by atoms with E-state index in [1.807, 2.05) is 12.1 Å². The molecule has 0 saturated carbocycles. The zero-order chi connectivity index (χ0) is 39.9. The molecule has 8 atom stereocenters. The summed E-state index contributed by atoms with van der Waals surface area (Å²) in [6.45, 7) is 34.4. The van der Waals surface area contributed by atoms with E-state index in [9.17, 15) is 9.59 Å². The second-order valence-electron chi connectivity index (χ2n) is 20.4. The molecule has 2 aliphatic carbocycles. The maximum atomic E-state index is 14.3. The van der Waals surface area contributed by atoms with E-state index in [-0.39, 0.29) is 58.0 Å². The summed E-state index contributed by atoms with van der Waals surface area (Å²) in [6.07, 6.45) is 8.51. The van der Waals surface area contributed by atoms with Gasteiger partial charge in [-0.05, 0) is 111 Å². The fraction of sp³-hybridized carbons (Fsp3) is 0.727. The second-order valence-corrected chi connectivity index (χ2v) is 25.1. The van der Waals surface area contributed by atoms with Crippen LogP contribution in [0.2, 0.25) is 26.2 Å². The van der Waals surface area contributed by atoms with Crippen molar-refractivity contribution in [1.29, 1.82) is 0 Å². The third kappa shape index (κ3) is 10.4. The first kappa shape index (κ1) is 43.5. The lowest BCUT2D eigenvalue weighted by Crippen LogP contribution is -2.58. The molecule has 0 N–H and O–H groups in total. The largest absolute Gasteiger partial charge is 0.476 e. The van der Waals surface area contributed by atoms with Crippen molar-refractivity contribution in [2.75, 3.05) is 0 Å². The van der Waals surface area contributed by atoms with Crippen LogP contribution in [0.15, 0.2) is 48.1 Å². The van der Waals surface area contributed by atoms with E-state index >= 15 is 0 Å². The average molecular weight is 769 g/mol. The molecule has 3 aliphatic rings. The van der Waals surface area contributed by atoms with Crippen LogP contribution in [0.1, 0.15) is 114 Å². The van der Waals surface area contributed by atoms with Crippen LogP contribution in [0, 0.1) is 34.5 Å². The van der Waals surface area contributed by atoms with Crippen molar-refractivity contribution in [3.05, 3.63) is 53.6 Å². The Morgan fingerprint density at radius 3 is 2.04 bits per heavy atom. The number of allylic oxidation sites excluding steroid dienone is 2. The molecule has 4 rings (SSSR count). The summed E-state index contributed by atoms with van der Waals surface area (Å²) < 4.78 is 32.8. The fourth-order valence-corrected chi connectivity index (χ4v) is 10.8. The van der Waals surface area contributed by atoms with Crippen LogP contribution in [0.3, 0.4) is 0 Å². The van der Waals surface area contributed by atoms with Gasteiger partial charge < -0.3 is 23.1 Å². The molecule has 1 aromatic rings. The number of cyclic esters (lactones) is 1. The van der Waals surface area contributed by atoms with Crippen LogP contribution >= 0.6 is 0 Å². The van der Waals surface area contributed by atoms with Gasteiger partial charge in [0.05, 0.1) is 5.60 Å². The van der Waals surface area contributed by atoms with Crippen LogP contribution in [0.5, 0.6) is 5.75 Å². The molecular weight excluding hydrogens is 697 g/mol. The molecule has 0 bridgehead atoms. The van der Waals surface area contributed by atoms with Gasteiger partial charge in [0.15, 0.2) is 23.7 Å². The SMILES string of the molecule is C[C@H]1C=CC2=C[C@@H](C(C)(C)C)C[C@H](OC(=O)C(C)(C)Oc3ccc(C(C)(C)C)cc3)[C@@H]2[C@@]1(CC[C@@H]1C[C@H](C(C)(C)C)C(O[SiH](C)C)C(=O)O1)O[SiH](C)C. The molecular formula is C44H72O7Si2. The van der Waals surface area contributed by atoms with Crippen molar-refractivity contribution >= 4 is 30.0 Å². The highest BCUT2D eigenvalue weighted by Crippen LogP contribution is 2.53. The van der Waals surface area contributed by atoms with Gasteiger partial charge in [-0.3, -0.25) is 0 Å². The Balaban J connectivity index is 1.68. The van der Waals surface area contributed by atoms with Crippen LogP contribution < -0.4 is 4.74 Å². The molecule has 298 valence electrons. The lowest BCUT2D eigenvalue weighted by Gasteiger charge is -2.54. The monoisotopic (exact) mass is 768 g/mol. The molecule has 0 spiro atoms. The zero-order valence-electron chi connectivity index (χ0n) is 35.9. The van der Waals surface area contributed by atoms with Crippen molar-refractivity contribution in [1.82, 2.24) is 0 Å². The van der Waals surface area contributed by atoms with Gasteiger partial charge in [0.2, 0.25) is 0 Å². The van der Waals surface area contributed by atoms with E-state index in [0.717, 1.165) is 6.42 Å². The zero-order valence-corrected chi connectivity index (χ0v) is 38.2. The maximum Gasteiger partial charge on any atom is 0.350 e. The van der Waals surface area contributed by atoms with E-state index in [2.05, 4.69) is 126 Å². The number of ether oxygens (including phenoxy) is 3. The van der Waals surface area contributed by atoms with E-state index in [0.29, 0.717) is 25.0 Å². The van der Waals surface area contributed by atoms with Crippen molar-refractivity contribution in [3.63, 3.8) is 0 Å². The van der Waals surface area contributed by atoms with Crippen LogP contribution in [0.4, 0.5) is 0 Å². The third-order valence-corrected chi connectivity index (χ3v) is 13.4. The molecule has 0 amide bonds. The molecule has 1 heterocycles. The van der Waals surface area contributed by atoms with Gasteiger partial charge in [-0.15, -0.1) is 0 Å². The molecule has 1 aliphatic heterocycles. The average Bonchev–Trinajstić information content (AvgIpc) is 3.00. The predicted molar refractivity (Wildman–Crippen MR) is 220 cm³/mol. The Labute approximate surface area is 325 Å². The number of benzene rings is 1. The van der Waals surface area contributed by atoms with Crippen LogP contribution in [-0.4, -0.2) is 59.5 Å². The molecule has 1 aromatic carbocycles. The van der Waals surface area contributed by atoms with Crippen molar-refractivity contribution in [2.24, 2.45) is 34.5 Å². The number of rotatable bonds is 11. The topological polar surface area (TPSA) is 80.3 Å². The van der Waals surface area contributed by atoms with E-state index < -0.39 is 41.5 Å². The number of carbonyl (C=O) groups is 2.